The molecular weight excluding hydrogens is 465 g/mol. The fraction of sp³-hybridized carbons (Fsp3) is 0.0800. The van der Waals surface area contributed by atoms with Crippen LogP contribution in [-0.2, 0) is 9.53 Å². The van der Waals surface area contributed by atoms with E-state index >= 15 is 0 Å². The molecule has 4 rings (SSSR count). The van der Waals surface area contributed by atoms with Crippen LogP contribution in [0, 0.1) is 6.92 Å². The van der Waals surface area contributed by atoms with Crippen LogP contribution in [0.5, 0.6) is 11.5 Å². The molecule has 0 bridgehead atoms. The third-order valence-electron chi connectivity index (χ3n) is 4.83. The molecule has 0 saturated heterocycles. The highest BCUT2D eigenvalue weighted by Gasteiger charge is 2.25. The van der Waals surface area contributed by atoms with Gasteiger partial charge in [0, 0.05) is 10.6 Å². The van der Waals surface area contributed by atoms with Gasteiger partial charge >= 0.3 is 11.9 Å². The predicted molar refractivity (Wildman–Crippen MR) is 126 cm³/mol. The predicted octanol–water partition coefficient (Wildman–Crippen LogP) is 5.87. The minimum Gasteiger partial charge on any atom is -0.493 e. The van der Waals surface area contributed by atoms with E-state index in [-0.39, 0.29) is 28.1 Å². The monoisotopic (exact) mass is 481 g/mol. The molecule has 3 aromatic carbocycles. The number of aliphatic imine (C=N–C) groups is 1. The Morgan fingerprint density at radius 1 is 1.06 bits per heavy atom. The van der Waals surface area contributed by atoms with Crippen molar-refractivity contribution in [2.24, 2.45) is 4.99 Å². The van der Waals surface area contributed by atoms with Crippen LogP contribution >= 0.6 is 23.2 Å². The number of ether oxygens (including phenoxy) is 3. The van der Waals surface area contributed by atoms with Crippen LogP contribution in [-0.4, -0.2) is 24.9 Å². The van der Waals surface area contributed by atoms with Gasteiger partial charge in [0.2, 0.25) is 5.90 Å². The van der Waals surface area contributed by atoms with Gasteiger partial charge in [-0.3, -0.25) is 0 Å². The third kappa shape index (κ3) is 4.92. The molecule has 0 spiro atoms. The summed E-state index contributed by atoms with van der Waals surface area (Å²) >= 11 is 12.2. The van der Waals surface area contributed by atoms with E-state index in [9.17, 15) is 9.59 Å². The molecule has 0 aromatic heterocycles. The minimum absolute atomic E-state index is 0.0550. The highest BCUT2D eigenvalue weighted by molar-refractivity contribution is 6.32. The summed E-state index contributed by atoms with van der Waals surface area (Å²) in [4.78, 5) is 29.2. The summed E-state index contributed by atoms with van der Waals surface area (Å²) in [5.41, 5.74) is 2.59. The molecule has 0 fully saturated rings. The van der Waals surface area contributed by atoms with E-state index in [2.05, 4.69) is 4.99 Å². The fourth-order valence-electron chi connectivity index (χ4n) is 3.15. The van der Waals surface area contributed by atoms with Crippen LogP contribution in [0.2, 0.25) is 10.0 Å². The molecular formula is C25H17Cl2NO5. The van der Waals surface area contributed by atoms with Crippen molar-refractivity contribution in [2.45, 2.75) is 6.92 Å². The second-order valence-electron chi connectivity index (χ2n) is 7.08. The Balaban J connectivity index is 1.63. The number of carbonyl (C=O) groups is 2. The van der Waals surface area contributed by atoms with Crippen LogP contribution in [0.15, 0.2) is 71.4 Å². The summed E-state index contributed by atoms with van der Waals surface area (Å²) in [5, 5.41) is 0.621. The van der Waals surface area contributed by atoms with Gasteiger partial charge in [0.15, 0.2) is 17.2 Å². The molecule has 0 saturated carbocycles. The van der Waals surface area contributed by atoms with Gasteiger partial charge in [0.05, 0.1) is 17.7 Å². The van der Waals surface area contributed by atoms with Crippen LogP contribution in [0.1, 0.15) is 27.0 Å². The first-order chi connectivity index (χ1) is 15.9. The van der Waals surface area contributed by atoms with E-state index in [1.54, 1.807) is 30.3 Å². The lowest BCUT2D eigenvalue weighted by Gasteiger charge is -2.12. The Kier molecular flexibility index (Phi) is 6.49. The number of nitrogens with zero attached hydrogens (tertiary/aromatic N) is 1. The van der Waals surface area contributed by atoms with Gasteiger partial charge in [-0.2, -0.15) is 0 Å². The SMILES string of the molecule is COc1cc(/C=C2\N=C(c3ccccc3C)OC2=O)cc(Cl)c1OC(=O)c1ccc(Cl)cc1. The second kappa shape index (κ2) is 9.48. The topological polar surface area (TPSA) is 74.2 Å². The van der Waals surface area contributed by atoms with E-state index in [0.29, 0.717) is 16.1 Å². The molecule has 8 heteroatoms. The maximum Gasteiger partial charge on any atom is 0.363 e. The summed E-state index contributed by atoms with van der Waals surface area (Å²) in [5.74, 6) is -0.701. The Labute approximate surface area is 200 Å². The van der Waals surface area contributed by atoms with Crippen molar-refractivity contribution in [3.8, 4) is 11.5 Å². The van der Waals surface area contributed by atoms with E-state index in [0.717, 1.165) is 11.1 Å². The van der Waals surface area contributed by atoms with Gasteiger partial charge in [0.1, 0.15) is 0 Å². The van der Waals surface area contributed by atoms with Crippen LogP contribution < -0.4 is 9.47 Å². The largest absolute Gasteiger partial charge is 0.493 e. The zero-order valence-corrected chi connectivity index (χ0v) is 19.1. The summed E-state index contributed by atoms with van der Waals surface area (Å²) < 4.78 is 16.1. The quantitative estimate of drug-likeness (QED) is 0.258. The van der Waals surface area contributed by atoms with Crippen molar-refractivity contribution in [3.05, 3.63) is 98.7 Å². The first-order valence-corrected chi connectivity index (χ1v) is 10.5. The fourth-order valence-corrected chi connectivity index (χ4v) is 3.54. The first kappa shape index (κ1) is 22.6. The summed E-state index contributed by atoms with van der Waals surface area (Å²) in [7, 11) is 1.42. The molecule has 0 aliphatic carbocycles. The first-order valence-electron chi connectivity index (χ1n) is 9.79. The number of aryl methyl sites for hydroxylation is 1. The number of cyclic esters (lactones) is 1. The lowest BCUT2D eigenvalue weighted by atomic mass is 10.1. The van der Waals surface area contributed by atoms with E-state index < -0.39 is 11.9 Å². The Bertz CT molecular complexity index is 1310. The normalized spacial score (nSPS) is 14.1. The smallest absolute Gasteiger partial charge is 0.363 e. The van der Waals surface area contributed by atoms with Gasteiger partial charge in [-0.1, -0.05) is 41.4 Å². The van der Waals surface area contributed by atoms with Gasteiger partial charge in [0.25, 0.3) is 0 Å². The summed E-state index contributed by atoms with van der Waals surface area (Å²) in [6.07, 6.45) is 1.52. The third-order valence-corrected chi connectivity index (χ3v) is 5.36. The molecule has 33 heavy (non-hydrogen) atoms. The number of methoxy groups -OCH3 is 1. The molecule has 6 nitrogen and oxygen atoms in total. The number of benzene rings is 3. The standard InChI is InChI=1S/C25H17Cl2NO5/c1-14-5-3-4-6-18(14)23-28-20(25(30)33-23)12-15-11-19(27)22(21(13-15)31-2)32-24(29)16-7-9-17(26)10-8-16/h3-13H,1-2H3/b20-12-. The summed E-state index contributed by atoms with van der Waals surface area (Å²) in [6.45, 7) is 1.90. The highest BCUT2D eigenvalue weighted by atomic mass is 35.5. The van der Waals surface area contributed by atoms with Crippen molar-refractivity contribution in [2.75, 3.05) is 7.11 Å². The molecule has 0 unspecified atom stereocenters. The number of hydrogen-bond acceptors (Lipinski definition) is 6. The minimum atomic E-state index is -0.621. The van der Waals surface area contributed by atoms with Crippen LogP contribution in [0.4, 0.5) is 0 Å². The van der Waals surface area contributed by atoms with E-state index in [1.807, 2.05) is 31.2 Å². The van der Waals surface area contributed by atoms with Crippen molar-refractivity contribution in [3.63, 3.8) is 0 Å². The van der Waals surface area contributed by atoms with Gasteiger partial charge in [-0.05, 0) is 66.6 Å². The molecule has 1 aliphatic rings. The molecule has 1 heterocycles. The van der Waals surface area contributed by atoms with Gasteiger partial charge in [-0.25, -0.2) is 14.6 Å². The average molecular weight is 482 g/mol. The molecule has 0 atom stereocenters. The average Bonchev–Trinajstić information content (AvgIpc) is 3.15. The molecule has 0 N–H and O–H groups in total. The van der Waals surface area contributed by atoms with Crippen LogP contribution in [0.3, 0.4) is 0 Å². The Morgan fingerprint density at radius 3 is 2.48 bits per heavy atom. The van der Waals surface area contributed by atoms with Gasteiger partial charge in [-0.15, -0.1) is 0 Å². The maximum atomic E-state index is 12.5. The maximum absolute atomic E-state index is 12.5. The molecule has 166 valence electrons. The van der Waals surface area contributed by atoms with Gasteiger partial charge < -0.3 is 14.2 Å². The number of carbonyl (C=O) groups excluding carboxylic acids is 2. The number of rotatable bonds is 5. The van der Waals surface area contributed by atoms with Crippen molar-refractivity contribution in [1.29, 1.82) is 0 Å². The van der Waals surface area contributed by atoms with E-state index in [1.165, 1.54) is 19.3 Å². The number of hydrogen-bond donors (Lipinski definition) is 0. The molecule has 3 aromatic rings. The molecule has 0 radical (unpaired) electrons. The number of esters is 2. The molecule has 0 amide bonds. The second-order valence-corrected chi connectivity index (χ2v) is 7.93. The lowest BCUT2D eigenvalue weighted by molar-refractivity contribution is -0.129. The van der Waals surface area contributed by atoms with Crippen molar-refractivity contribution >= 4 is 47.1 Å². The molecule has 1 aliphatic heterocycles. The highest BCUT2D eigenvalue weighted by Crippen LogP contribution is 2.38. The zero-order chi connectivity index (χ0) is 23.5. The van der Waals surface area contributed by atoms with Crippen LogP contribution in [0.25, 0.3) is 6.08 Å². The summed E-state index contributed by atoms with van der Waals surface area (Å²) in [6, 6.07) is 16.8. The van der Waals surface area contributed by atoms with Crippen molar-refractivity contribution < 1.29 is 23.8 Å². The lowest BCUT2D eigenvalue weighted by Crippen LogP contribution is -2.09. The zero-order valence-electron chi connectivity index (χ0n) is 17.6. The Morgan fingerprint density at radius 2 is 1.79 bits per heavy atom. The Hall–Kier alpha value is -3.61. The number of halogens is 2. The van der Waals surface area contributed by atoms with E-state index in [4.69, 9.17) is 37.4 Å². The van der Waals surface area contributed by atoms with Crippen molar-refractivity contribution in [1.82, 2.24) is 0 Å².